The van der Waals surface area contributed by atoms with E-state index in [2.05, 4.69) is 21.2 Å². The Hall–Kier alpha value is -1.48. The maximum atomic E-state index is 5.79. The second-order valence-corrected chi connectivity index (χ2v) is 4.08. The van der Waals surface area contributed by atoms with Crippen LogP contribution < -0.4 is 11.1 Å². The van der Waals surface area contributed by atoms with E-state index in [4.69, 9.17) is 5.73 Å². The Morgan fingerprint density at radius 2 is 1.67 bits per heavy atom. The number of nitrogen functional groups attached to an aromatic ring is 1. The van der Waals surface area contributed by atoms with Crippen LogP contribution in [-0.4, -0.2) is 0 Å². The third-order valence-electron chi connectivity index (χ3n) is 2.06. The molecule has 0 spiro atoms. The van der Waals surface area contributed by atoms with Crippen LogP contribution in [0.15, 0.2) is 53.0 Å². The molecule has 2 aromatic carbocycles. The Morgan fingerprint density at radius 1 is 0.933 bits per heavy atom. The largest absolute Gasteiger partial charge is 0.398 e. The summed E-state index contributed by atoms with van der Waals surface area (Å²) >= 11 is 3.36. The van der Waals surface area contributed by atoms with E-state index in [0.29, 0.717) is 0 Å². The summed E-state index contributed by atoms with van der Waals surface area (Å²) in [6.45, 7) is 0. The van der Waals surface area contributed by atoms with Crippen LogP contribution >= 0.6 is 15.9 Å². The van der Waals surface area contributed by atoms with Crippen molar-refractivity contribution >= 4 is 33.0 Å². The molecule has 0 aliphatic heterocycles. The normalized spacial score (nSPS) is 9.93. The molecule has 2 aromatic rings. The molecule has 0 aliphatic carbocycles. The van der Waals surface area contributed by atoms with E-state index >= 15 is 0 Å². The number of nitrogens with two attached hydrogens (primary N) is 1. The molecule has 0 radical (unpaired) electrons. The van der Waals surface area contributed by atoms with Crippen molar-refractivity contribution in [1.82, 2.24) is 0 Å². The quantitative estimate of drug-likeness (QED) is 0.809. The topological polar surface area (TPSA) is 38.0 Å². The van der Waals surface area contributed by atoms with Gasteiger partial charge in [-0.3, -0.25) is 0 Å². The number of anilines is 3. The standard InChI is InChI=1S/C12H11BrN2/c13-11-7-6-10(8-12(11)14)15-9-4-2-1-3-5-9/h1-8,15H,14H2. The maximum absolute atomic E-state index is 5.79. The van der Waals surface area contributed by atoms with Gasteiger partial charge in [0.15, 0.2) is 0 Å². The lowest BCUT2D eigenvalue weighted by Crippen LogP contribution is -1.92. The zero-order valence-corrected chi connectivity index (χ0v) is 9.66. The number of para-hydroxylation sites is 1. The van der Waals surface area contributed by atoms with E-state index in [1.807, 2.05) is 48.5 Å². The molecule has 2 nitrogen and oxygen atoms in total. The molecule has 15 heavy (non-hydrogen) atoms. The van der Waals surface area contributed by atoms with Crippen LogP contribution in [0.5, 0.6) is 0 Å². The fourth-order valence-corrected chi connectivity index (χ4v) is 1.56. The van der Waals surface area contributed by atoms with Gasteiger partial charge in [-0.15, -0.1) is 0 Å². The summed E-state index contributed by atoms with van der Waals surface area (Å²) in [6.07, 6.45) is 0. The lowest BCUT2D eigenvalue weighted by Gasteiger charge is -2.07. The Labute approximate surface area is 97.2 Å². The number of nitrogens with one attached hydrogen (secondary N) is 1. The van der Waals surface area contributed by atoms with E-state index in [9.17, 15) is 0 Å². The third-order valence-corrected chi connectivity index (χ3v) is 2.78. The first kappa shape index (κ1) is 10.1. The van der Waals surface area contributed by atoms with Gasteiger partial charge in [-0.25, -0.2) is 0 Å². The highest BCUT2D eigenvalue weighted by Crippen LogP contribution is 2.24. The molecule has 0 unspecified atom stereocenters. The summed E-state index contributed by atoms with van der Waals surface area (Å²) in [6, 6.07) is 15.8. The monoisotopic (exact) mass is 262 g/mol. The first-order chi connectivity index (χ1) is 7.25. The number of benzene rings is 2. The highest BCUT2D eigenvalue weighted by Gasteiger charge is 1.97. The molecule has 2 rings (SSSR count). The van der Waals surface area contributed by atoms with E-state index in [-0.39, 0.29) is 0 Å². The van der Waals surface area contributed by atoms with Crippen LogP contribution in [0.4, 0.5) is 17.1 Å². The molecule has 0 aromatic heterocycles. The van der Waals surface area contributed by atoms with E-state index < -0.39 is 0 Å². The highest BCUT2D eigenvalue weighted by atomic mass is 79.9. The maximum Gasteiger partial charge on any atom is 0.0479 e. The van der Waals surface area contributed by atoms with Crippen LogP contribution in [0, 0.1) is 0 Å². The fourth-order valence-electron chi connectivity index (χ4n) is 1.31. The minimum absolute atomic E-state index is 0.732. The molecule has 0 saturated heterocycles. The third kappa shape index (κ3) is 2.50. The van der Waals surface area contributed by atoms with Crippen molar-refractivity contribution in [2.75, 3.05) is 11.1 Å². The molecule has 3 N–H and O–H groups in total. The molecule has 0 atom stereocenters. The zero-order valence-electron chi connectivity index (χ0n) is 8.07. The van der Waals surface area contributed by atoms with Crippen molar-refractivity contribution in [3.8, 4) is 0 Å². The van der Waals surface area contributed by atoms with Crippen molar-refractivity contribution in [3.63, 3.8) is 0 Å². The van der Waals surface area contributed by atoms with Crippen LogP contribution in [0.1, 0.15) is 0 Å². The minimum Gasteiger partial charge on any atom is -0.398 e. The molecule has 76 valence electrons. The smallest absolute Gasteiger partial charge is 0.0479 e. The van der Waals surface area contributed by atoms with Gasteiger partial charge >= 0.3 is 0 Å². The molecule has 0 saturated carbocycles. The lowest BCUT2D eigenvalue weighted by atomic mass is 10.2. The average Bonchev–Trinajstić information content (AvgIpc) is 2.25. The zero-order chi connectivity index (χ0) is 10.7. The SMILES string of the molecule is Nc1cc(Nc2ccccc2)ccc1Br. The number of halogens is 1. The van der Waals surface area contributed by atoms with Crippen molar-refractivity contribution in [3.05, 3.63) is 53.0 Å². The van der Waals surface area contributed by atoms with Gasteiger partial charge in [-0.1, -0.05) is 18.2 Å². The second kappa shape index (κ2) is 4.36. The molecule has 0 amide bonds. The Balaban J connectivity index is 2.22. The first-order valence-corrected chi connectivity index (χ1v) is 5.42. The summed E-state index contributed by atoms with van der Waals surface area (Å²) in [4.78, 5) is 0. The molecule has 0 bridgehead atoms. The summed E-state index contributed by atoms with van der Waals surface area (Å²) in [7, 11) is 0. The van der Waals surface area contributed by atoms with E-state index in [0.717, 1.165) is 21.5 Å². The summed E-state index contributed by atoms with van der Waals surface area (Å²) in [5.41, 5.74) is 8.56. The summed E-state index contributed by atoms with van der Waals surface area (Å²) in [5, 5.41) is 3.27. The molecular weight excluding hydrogens is 252 g/mol. The Kier molecular flexibility index (Phi) is 2.92. The van der Waals surface area contributed by atoms with Crippen LogP contribution in [0.25, 0.3) is 0 Å². The van der Waals surface area contributed by atoms with Gasteiger partial charge in [0.25, 0.3) is 0 Å². The Morgan fingerprint density at radius 3 is 2.33 bits per heavy atom. The number of hydrogen-bond donors (Lipinski definition) is 2. The number of rotatable bonds is 2. The van der Waals surface area contributed by atoms with Crippen LogP contribution in [0.3, 0.4) is 0 Å². The predicted molar refractivity (Wildman–Crippen MR) is 68.3 cm³/mol. The second-order valence-electron chi connectivity index (χ2n) is 3.23. The molecule has 0 aliphatic rings. The van der Waals surface area contributed by atoms with Gasteiger partial charge in [0, 0.05) is 21.5 Å². The lowest BCUT2D eigenvalue weighted by molar-refractivity contribution is 1.53. The van der Waals surface area contributed by atoms with Gasteiger partial charge in [0.1, 0.15) is 0 Å². The van der Waals surface area contributed by atoms with Gasteiger partial charge in [0.2, 0.25) is 0 Å². The van der Waals surface area contributed by atoms with E-state index in [1.165, 1.54) is 0 Å². The van der Waals surface area contributed by atoms with E-state index in [1.54, 1.807) is 0 Å². The van der Waals surface area contributed by atoms with Crippen molar-refractivity contribution in [1.29, 1.82) is 0 Å². The average molecular weight is 263 g/mol. The molecular formula is C12H11BrN2. The molecule has 3 heteroatoms. The van der Waals surface area contributed by atoms with Gasteiger partial charge < -0.3 is 11.1 Å². The first-order valence-electron chi connectivity index (χ1n) is 4.63. The van der Waals surface area contributed by atoms with Crippen LogP contribution in [0.2, 0.25) is 0 Å². The van der Waals surface area contributed by atoms with Crippen molar-refractivity contribution < 1.29 is 0 Å². The van der Waals surface area contributed by atoms with Gasteiger partial charge in [-0.2, -0.15) is 0 Å². The number of hydrogen-bond acceptors (Lipinski definition) is 2. The molecule has 0 fully saturated rings. The van der Waals surface area contributed by atoms with Gasteiger partial charge in [-0.05, 0) is 46.3 Å². The summed E-state index contributed by atoms with van der Waals surface area (Å²) in [5.74, 6) is 0. The fraction of sp³-hybridized carbons (Fsp3) is 0. The highest BCUT2D eigenvalue weighted by molar-refractivity contribution is 9.10. The van der Waals surface area contributed by atoms with Gasteiger partial charge in [0.05, 0.1) is 0 Å². The summed E-state index contributed by atoms with van der Waals surface area (Å²) < 4.78 is 0.918. The Bertz CT molecular complexity index is 454. The minimum atomic E-state index is 0.732. The van der Waals surface area contributed by atoms with Crippen LogP contribution in [-0.2, 0) is 0 Å². The van der Waals surface area contributed by atoms with Crippen molar-refractivity contribution in [2.24, 2.45) is 0 Å². The molecule has 0 heterocycles. The predicted octanol–water partition coefficient (Wildman–Crippen LogP) is 3.77. The van der Waals surface area contributed by atoms with Crippen molar-refractivity contribution in [2.45, 2.75) is 0 Å².